The average molecular weight is 535 g/mol. The van der Waals surface area contributed by atoms with E-state index in [4.69, 9.17) is 17.3 Å². The van der Waals surface area contributed by atoms with E-state index >= 15 is 0 Å². The van der Waals surface area contributed by atoms with Crippen LogP contribution in [0.15, 0.2) is 64.5 Å². The molecular formula is C19H24ClIN4O2S. The predicted molar refractivity (Wildman–Crippen MR) is 126 cm³/mol. The third-order valence-corrected chi connectivity index (χ3v) is 6.49. The van der Waals surface area contributed by atoms with E-state index in [9.17, 15) is 8.42 Å². The van der Waals surface area contributed by atoms with Crippen molar-refractivity contribution in [2.45, 2.75) is 4.90 Å². The number of aliphatic imine (C=N–C) groups is 1. The van der Waals surface area contributed by atoms with Crippen LogP contribution in [0.2, 0.25) is 5.02 Å². The maximum Gasteiger partial charge on any atom is 0.191 e. The molecule has 0 bridgehead atoms. The molecule has 6 nitrogen and oxygen atoms in total. The van der Waals surface area contributed by atoms with Crippen LogP contribution in [0.3, 0.4) is 0 Å². The topological polar surface area (TPSA) is 79.0 Å². The van der Waals surface area contributed by atoms with E-state index in [1.807, 2.05) is 29.2 Å². The summed E-state index contributed by atoms with van der Waals surface area (Å²) in [6.07, 6.45) is 0. The van der Waals surface area contributed by atoms with E-state index in [-0.39, 0.29) is 36.3 Å². The fraction of sp³-hybridized carbons (Fsp3) is 0.316. The first-order valence-electron chi connectivity index (χ1n) is 8.79. The van der Waals surface area contributed by atoms with Crippen molar-refractivity contribution >= 4 is 57.1 Å². The minimum absolute atomic E-state index is 0. The third kappa shape index (κ3) is 5.99. The summed E-state index contributed by atoms with van der Waals surface area (Å²) in [5, 5.41) is 0.721. The summed E-state index contributed by atoms with van der Waals surface area (Å²) in [5.41, 5.74) is 7.19. The molecule has 1 aliphatic heterocycles. The summed E-state index contributed by atoms with van der Waals surface area (Å²) in [5.74, 6) is 0.344. The van der Waals surface area contributed by atoms with Crippen LogP contribution in [0.5, 0.6) is 0 Å². The molecule has 0 aromatic heterocycles. The van der Waals surface area contributed by atoms with Gasteiger partial charge in [-0.3, -0.25) is 4.99 Å². The molecule has 2 N–H and O–H groups in total. The number of benzene rings is 2. The van der Waals surface area contributed by atoms with Gasteiger partial charge < -0.3 is 15.5 Å². The number of guanidine groups is 1. The minimum atomic E-state index is -3.34. The summed E-state index contributed by atoms with van der Waals surface area (Å²) in [6, 6.07) is 16.2. The standard InChI is InChI=1S/C19H23ClN4O2S.HI/c20-16-6-8-17(9-7-16)23-11-13-24(14-12-23)19(21)22-10-15-27(25,26)18-4-2-1-3-5-18;/h1-9H,10-15H2,(H2,21,22);1H. The molecule has 3 rings (SSSR count). The molecule has 0 unspecified atom stereocenters. The lowest BCUT2D eigenvalue weighted by Crippen LogP contribution is -2.51. The van der Waals surface area contributed by atoms with E-state index in [2.05, 4.69) is 9.89 Å². The first kappa shape index (κ1) is 22.8. The van der Waals surface area contributed by atoms with Gasteiger partial charge in [0.15, 0.2) is 15.8 Å². The zero-order valence-corrected chi connectivity index (χ0v) is 19.3. The molecular weight excluding hydrogens is 511 g/mol. The van der Waals surface area contributed by atoms with Gasteiger partial charge in [-0.2, -0.15) is 0 Å². The van der Waals surface area contributed by atoms with Crippen LogP contribution >= 0.6 is 35.6 Å². The summed E-state index contributed by atoms with van der Waals surface area (Å²) in [6.45, 7) is 3.27. The van der Waals surface area contributed by atoms with Crippen molar-refractivity contribution in [3.05, 3.63) is 59.6 Å². The van der Waals surface area contributed by atoms with Crippen LogP contribution in [0, 0.1) is 0 Å². The zero-order chi connectivity index (χ0) is 19.3. The number of rotatable bonds is 5. The van der Waals surface area contributed by atoms with Gasteiger partial charge in [-0.15, -0.1) is 24.0 Å². The Morgan fingerprint density at radius 2 is 1.61 bits per heavy atom. The van der Waals surface area contributed by atoms with Crippen LogP contribution in [0.4, 0.5) is 5.69 Å². The van der Waals surface area contributed by atoms with Crippen LogP contribution in [0.1, 0.15) is 0 Å². The second-order valence-corrected chi connectivity index (χ2v) is 8.87. The number of hydrogen-bond donors (Lipinski definition) is 1. The lowest BCUT2D eigenvalue weighted by molar-refractivity contribution is 0.381. The Hall–Kier alpha value is -1.52. The number of piperazine rings is 1. The predicted octanol–water partition coefficient (Wildman–Crippen LogP) is 2.87. The Bertz CT molecular complexity index is 884. The van der Waals surface area contributed by atoms with Gasteiger partial charge in [0.1, 0.15) is 0 Å². The average Bonchev–Trinajstić information content (AvgIpc) is 2.69. The first-order valence-corrected chi connectivity index (χ1v) is 10.8. The molecule has 28 heavy (non-hydrogen) atoms. The highest BCUT2D eigenvalue weighted by Crippen LogP contribution is 2.19. The molecule has 0 spiro atoms. The van der Waals surface area contributed by atoms with Gasteiger partial charge in [0.2, 0.25) is 0 Å². The molecule has 152 valence electrons. The van der Waals surface area contributed by atoms with Gasteiger partial charge in [0.05, 0.1) is 17.2 Å². The SMILES string of the molecule is I.NC(=NCCS(=O)(=O)c1ccccc1)N1CCN(c2ccc(Cl)cc2)CC1. The second-order valence-electron chi connectivity index (χ2n) is 6.32. The smallest absolute Gasteiger partial charge is 0.191 e. The van der Waals surface area contributed by atoms with Crippen molar-refractivity contribution < 1.29 is 8.42 Å². The number of sulfone groups is 1. The Morgan fingerprint density at radius 3 is 2.21 bits per heavy atom. The molecule has 0 atom stereocenters. The van der Waals surface area contributed by atoms with Crippen molar-refractivity contribution in [3.63, 3.8) is 0 Å². The van der Waals surface area contributed by atoms with E-state index in [0.717, 1.165) is 36.9 Å². The molecule has 1 saturated heterocycles. The third-order valence-electron chi connectivity index (χ3n) is 4.53. The molecule has 1 heterocycles. The zero-order valence-electron chi connectivity index (χ0n) is 15.4. The van der Waals surface area contributed by atoms with E-state index in [1.54, 1.807) is 30.3 Å². The Labute approximate surface area is 188 Å². The molecule has 1 fully saturated rings. The number of anilines is 1. The second kappa shape index (κ2) is 10.3. The summed E-state index contributed by atoms with van der Waals surface area (Å²) in [4.78, 5) is 8.84. The molecule has 0 saturated carbocycles. The Morgan fingerprint density at radius 1 is 1.00 bits per heavy atom. The van der Waals surface area contributed by atoms with E-state index in [1.165, 1.54) is 0 Å². The highest BCUT2D eigenvalue weighted by atomic mass is 127. The van der Waals surface area contributed by atoms with Gasteiger partial charge in [-0.1, -0.05) is 29.8 Å². The van der Waals surface area contributed by atoms with Crippen molar-refractivity contribution in [2.24, 2.45) is 10.7 Å². The van der Waals surface area contributed by atoms with Crippen molar-refractivity contribution in [1.82, 2.24) is 4.90 Å². The summed E-state index contributed by atoms with van der Waals surface area (Å²) >= 11 is 5.93. The number of nitrogens with zero attached hydrogens (tertiary/aromatic N) is 3. The Balaban J connectivity index is 0.00000280. The molecule has 9 heteroatoms. The maximum absolute atomic E-state index is 12.3. The van der Waals surface area contributed by atoms with Crippen molar-refractivity contribution in [2.75, 3.05) is 43.4 Å². The minimum Gasteiger partial charge on any atom is -0.370 e. The molecule has 0 aliphatic carbocycles. The molecule has 2 aromatic rings. The highest BCUT2D eigenvalue weighted by molar-refractivity contribution is 14.0. The molecule has 1 aliphatic rings. The van der Waals surface area contributed by atoms with Crippen molar-refractivity contribution in [1.29, 1.82) is 0 Å². The lowest BCUT2D eigenvalue weighted by Gasteiger charge is -2.36. The normalized spacial score (nSPS) is 15.2. The molecule has 0 amide bonds. The summed E-state index contributed by atoms with van der Waals surface area (Å²) in [7, 11) is -3.34. The quantitative estimate of drug-likeness (QED) is 0.363. The monoisotopic (exact) mass is 534 g/mol. The first-order chi connectivity index (χ1) is 13.0. The van der Waals surface area contributed by atoms with Crippen LogP contribution in [-0.2, 0) is 9.84 Å². The van der Waals surface area contributed by atoms with E-state index in [0.29, 0.717) is 10.9 Å². The van der Waals surface area contributed by atoms with Crippen LogP contribution in [0.25, 0.3) is 0 Å². The number of hydrogen-bond acceptors (Lipinski definition) is 4. The van der Waals surface area contributed by atoms with Gasteiger partial charge >= 0.3 is 0 Å². The van der Waals surface area contributed by atoms with Gasteiger partial charge in [-0.25, -0.2) is 8.42 Å². The van der Waals surface area contributed by atoms with Gasteiger partial charge in [-0.05, 0) is 36.4 Å². The van der Waals surface area contributed by atoms with E-state index < -0.39 is 9.84 Å². The Kier molecular flexibility index (Phi) is 8.38. The summed E-state index contributed by atoms with van der Waals surface area (Å²) < 4.78 is 24.5. The van der Waals surface area contributed by atoms with Crippen LogP contribution < -0.4 is 10.6 Å². The van der Waals surface area contributed by atoms with Crippen molar-refractivity contribution in [3.8, 4) is 0 Å². The maximum atomic E-state index is 12.3. The molecule has 2 aromatic carbocycles. The largest absolute Gasteiger partial charge is 0.370 e. The number of halogens is 2. The fourth-order valence-corrected chi connectivity index (χ4v) is 4.24. The van der Waals surface area contributed by atoms with Gasteiger partial charge in [0.25, 0.3) is 0 Å². The number of nitrogens with two attached hydrogens (primary N) is 1. The lowest BCUT2D eigenvalue weighted by atomic mass is 10.2. The van der Waals surface area contributed by atoms with Gasteiger partial charge in [0, 0.05) is 36.9 Å². The molecule has 0 radical (unpaired) electrons. The highest BCUT2D eigenvalue weighted by Gasteiger charge is 2.19. The fourth-order valence-electron chi connectivity index (χ4n) is 2.97. The van der Waals surface area contributed by atoms with Crippen LogP contribution in [-0.4, -0.2) is 57.8 Å².